The third-order valence-electron chi connectivity index (χ3n) is 6.74. The molecule has 2 saturated heterocycles. The molecule has 0 bridgehead atoms. The molecule has 28 heavy (non-hydrogen) atoms. The highest BCUT2D eigenvalue weighted by molar-refractivity contribution is 5.99. The van der Waals surface area contributed by atoms with E-state index < -0.39 is 5.41 Å². The Morgan fingerprint density at radius 2 is 2.04 bits per heavy atom. The van der Waals surface area contributed by atoms with E-state index in [2.05, 4.69) is 19.2 Å². The van der Waals surface area contributed by atoms with E-state index in [1.165, 1.54) is 7.11 Å². The molecule has 1 N–H and O–H groups in total. The molecule has 0 aromatic heterocycles. The van der Waals surface area contributed by atoms with Gasteiger partial charge in [-0.05, 0) is 42.4 Å². The van der Waals surface area contributed by atoms with Gasteiger partial charge in [-0.15, -0.1) is 0 Å². The number of hydrogen-bond acceptors (Lipinski definition) is 4. The van der Waals surface area contributed by atoms with Crippen LogP contribution in [0.5, 0.6) is 0 Å². The molecular weight excluding hydrogens is 358 g/mol. The molecule has 1 saturated carbocycles. The van der Waals surface area contributed by atoms with Crippen molar-refractivity contribution < 1.29 is 19.1 Å². The van der Waals surface area contributed by atoms with E-state index in [0.29, 0.717) is 31.7 Å². The Morgan fingerprint density at radius 3 is 2.64 bits per heavy atom. The number of aryl methyl sites for hydroxylation is 1. The van der Waals surface area contributed by atoms with Crippen LogP contribution >= 0.6 is 0 Å². The van der Waals surface area contributed by atoms with Gasteiger partial charge in [0.1, 0.15) is 0 Å². The standard InChI is InChI=1S/C21H27N3O4/c1-13-5-6-14(9-15(13)24-8-7-22-19(24)27)17(25)23-10-16-20(2,3)11-21(16,12-23)18(26)28-4/h5-6,9,16H,7-8,10-12H2,1-4H3,(H,22,27)/t16-,21+/m1/s1. The number of amides is 3. The lowest BCUT2D eigenvalue weighted by Gasteiger charge is -2.54. The second kappa shape index (κ2) is 6.22. The molecule has 0 radical (unpaired) electrons. The number of ether oxygens (including phenoxy) is 1. The van der Waals surface area contributed by atoms with Crippen LogP contribution in [0.2, 0.25) is 0 Å². The van der Waals surface area contributed by atoms with Crippen LogP contribution in [-0.2, 0) is 9.53 Å². The highest BCUT2D eigenvalue weighted by Crippen LogP contribution is 2.63. The Labute approximate surface area is 165 Å². The fourth-order valence-corrected chi connectivity index (χ4v) is 5.44. The molecule has 2 aliphatic heterocycles. The number of rotatable bonds is 3. The first-order valence-corrected chi connectivity index (χ1v) is 9.73. The maximum atomic E-state index is 13.2. The number of likely N-dealkylation sites (tertiary alicyclic amines) is 1. The van der Waals surface area contributed by atoms with E-state index in [1.54, 1.807) is 21.9 Å². The molecule has 3 amide bonds. The van der Waals surface area contributed by atoms with Gasteiger partial charge in [-0.2, -0.15) is 0 Å². The molecule has 0 unspecified atom stereocenters. The second-order valence-corrected chi connectivity index (χ2v) is 8.94. The number of nitrogens with one attached hydrogen (secondary N) is 1. The van der Waals surface area contributed by atoms with Gasteiger partial charge in [-0.3, -0.25) is 14.5 Å². The Balaban J connectivity index is 1.61. The summed E-state index contributed by atoms with van der Waals surface area (Å²) in [5, 5.41) is 2.79. The van der Waals surface area contributed by atoms with Gasteiger partial charge in [0.05, 0.1) is 12.5 Å². The molecule has 1 aromatic rings. The number of urea groups is 1. The van der Waals surface area contributed by atoms with Crippen LogP contribution in [0.3, 0.4) is 0 Å². The molecule has 7 nitrogen and oxygen atoms in total. The van der Waals surface area contributed by atoms with Crippen LogP contribution in [0.15, 0.2) is 18.2 Å². The molecule has 2 atom stereocenters. The summed E-state index contributed by atoms with van der Waals surface area (Å²) in [4.78, 5) is 41.2. The average molecular weight is 385 g/mol. The summed E-state index contributed by atoms with van der Waals surface area (Å²) in [6.45, 7) is 8.34. The second-order valence-electron chi connectivity index (χ2n) is 8.94. The van der Waals surface area contributed by atoms with Crippen molar-refractivity contribution in [3.8, 4) is 0 Å². The Kier molecular flexibility index (Phi) is 4.17. The number of carbonyl (C=O) groups is 3. The Bertz CT molecular complexity index is 865. The monoisotopic (exact) mass is 385 g/mol. The quantitative estimate of drug-likeness (QED) is 0.809. The van der Waals surface area contributed by atoms with Crippen molar-refractivity contribution in [2.24, 2.45) is 16.7 Å². The lowest BCUT2D eigenvalue weighted by atomic mass is 9.48. The minimum atomic E-state index is -0.587. The largest absolute Gasteiger partial charge is 0.469 e. The zero-order chi connectivity index (χ0) is 20.3. The SMILES string of the molecule is COC(=O)[C@@]12CN(C(=O)c3ccc(C)c(N4CCNC4=O)c3)C[C@@H]1C(C)(C)C2. The lowest BCUT2D eigenvalue weighted by molar-refractivity contribution is -0.174. The Morgan fingerprint density at radius 1 is 1.29 bits per heavy atom. The number of fused-ring (bicyclic) bond motifs is 1. The van der Waals surface area contributed by atoms with Gasteiger partial charge in [0.2, 0.25) is 0 Å². The smallest absolute Gasteiger partial charge is 0.322 e. The highest BCUT2D eigenvalue weighted by atomic mass is 16.5. The van der Waals surface area contributed by atoms with Crippen molar-refractivity contribution in [1.29, 1.82) is 0 Å². The molecule has 4 rings (SSSR count). The number of hydrogen-bond donors (Lipinski definition) is 1. The maximum Gasteiger partial charge on any atom is 0.322 e. The molecule has 1 aromatic carbocycles. The van der Waals surface area contributed by atoms with Crippen molar-refractivity contribution in [2.45, 2.75) is 27.2 Å². The zero-order valence-electron chi connectivity index (χ0n) is 16.9. The van der Waals surface area contributed by atoms with Gasteiger partial charge in [-0.1, -0.05) is 19.9 Å². The van der Waals surface area contributed by atoms with Gasteiger partial charge in [-0.25, -0.2) is 4.79 Å². The molecule has 150 valence electrons. The zero-order valence-corrected chi connectivity index (χ0v) is 16.9. The van der Waals surface area contributed by atoms with Gasteiger partial charge >= 0.3 is 12.0 Å². The summed E-state index contributed by atoms with van der Waals surface area (Å²) in [5.74, 6) is -0.217. The number of anilines is 1. The normalized spacial score (nSPS) is 27.9. The van der Waals surface area contributed by atoms with E-state index in [9.17, 15) is 14.4 Å². The first-order chi connectivity index (χ1) is 13.2. The molecule has 3 aliphatic rings. The number of benzene rings is 1. The van der Waals surface area contributed by atoms with Crippen molar-refractivity contribution in [2.75, 3.05) is 38.2 Å². The van der Waals surface area contributed by atoms with Crippen LogP contribution in [-0.4, -0.2) is 56.1 Å². The summed E-state index contributed by atoms with van der Waals surface area (Å²) in [7, 11) is 1.41. The summed E-state index contributed by atoms with van der Waals surface area (Å²) in [6, 6.07) is 5.32. The average Bonchev–Trinajstić information content (AvgIpc) is 3.23. The lowest BCUT2D eigenvalue weighted by Crippen LogP contribution is -2.57. The molecular formula is C21H27N3O4. The summed E-state index contributed by atoms with van der Waals surface area (Å²) < 4.78 is 5.07. The maximum absolute atomic E-state index is 13.2. The first-order valence-electron chi connectivity index (χ1n) is 9.73. The summed E-state index contributed by atoms with van der Waals surface area (Å²) >= 11 is 0. The third kappa shape index (κ3) is 2.59. The molecule has 3 fully saturated rings. The van der Waals surface area contributed by atoms with Crippen molar-refractivity contribution >= 4 is 23.6 Å². The van der Waals surface area contributed by atoms with Gasteiger partial charge in [0.15, 0.2) is 0 Å². The molecule has 7 heteroatoms. The number of nitrogens with zero attached hydrogens (tertiary/aromatic N) is 2. The summed E-state index contributed by atoms with van der Waals surface area (Å²) in [5.41, 5.74) is 1.67. The van der Waals surface area contributed by atoms with Crippen LogP contribution in [0.1, 0.15) is 36.2 Å². The van der Waals surface area contributed by atoms with Crippen LogP contribution < -0.4 is 10.2 Å². The fourth-order valence-electron chi connectivity index (χ4n) is 5.44. The highest BCUT2D eigenvalue weighted by Gasteiger charge is 2.68. The van der Waals surface area contributed by atoms with E-state index in [-0.39, 0.29) is 29.2 Å². The van der Waals surface area contributed by atoms with Crippen molar-refractivity contribution in [1.82, 2.24) is 10.2 Å². The van der Waals surface area contributed by atoms with Crippen LogP contribution in [0.4, 0.5) is 10.5 Å². The van der Waals surface area contributed by atoms with Gasteiger partial charge < -0.3 is 15.0 Å². The molecule has 2 heterocycles. The first kappa shape index (κ1) is 18.8. The van der Waals surface area contributed by atoms with Gasteiger partial charge in [0, 0.05) is 37.4 Å². The van der Waals surface area contributed by atoms with E-state index in [4.69, 9.17) is 4.74 Å². The molecule has 1 aliphatic carbocycles. The van der Waals surface area contributed by atoms with Crippen LogP contribution in [0.25, 0.3) is 0 Å². The van der Waals surface area contributed by atoms with E-state index >= 15 is 0 Å². The van der Waals surface area contributed by atoms with Crippen LogP contribution in [0, 0.1) is 23.7 Å². The van der Waals surface area contributed by atoms with E-state index in [0.717, 1.165) is 17.7 Å². The van der Waals surface area contributed by atoms with Crippen molar-refractivity contribution in [3.05, 3.63) is 29.3 Å². The number of methoxy groups -OCH3 is 1. The van der Waals surface area contributed by atoms with Crippen molar-refractivity contribution in [3.63, 3.8) is 0 Å². The minimum absolute atomic E-state index is 0.00922. The summed E-state index contributed by atoms with van der Waals surface area (Å²) in [6.07, 6.45) is 0.730. The predicted octanol–water partition coefficient (Wildman–Crippen LogP) is 2.19. The minimum Gasteiger partial charge on any atom is -0.469 e. The third-order valence-corrected chi connectivity index (χ3v) is 6.74. The topological polar surface area (TPSA) is 79.0 Å². The van der Waals surface area contributed by atoms with Gasteiger partial charge in [0.25, 0.3) is 5.91 Å². The number of esters is 1. The fraction of sp³-hybridized carbons (Fsp3) is 0.571. The predicted molar refractivity (Wildman–Crippen MR) is 104 cm³/mol. The molecule has 0 spiro atoms. The van der Waals surface area contributed by atoms with E-state index in [1.807, 2.05) is 13.0 Å². The Hall–Kier alpha value is -2.57. The number of carbonyl (C=O) groups excluding carboxylic acids is 3.